The molecule has 0 aliphatic rings. The lowest BCUT2D eigenvalue weighted by atomic mass is 10.2. The maximum Gasteiger partial charge on any atom is 0.337 e. The van der Waals surface area contributed by atoms with Crippen LogP contribution in [0.25, 0.3) is 0 Å². The lowest BCUT2D eigenvalue weighted by Crippen LogP contribution is -2.04. The van der Waals surface area contributed by atoms with Crippen LogP contribution >= 0.6 is 11.8 Å². The predicted octanol–water partition coefficient (Wildman–Crippen LogP) is 0.781. The van der Waals surface area contributed by atoms with Gasteiger partial charge in [0.15, 0.2) is 0 Å². The van der Waals surface area contributed by atoms with E-state index in [9.17, 15) is 9.18 Å². The first-order valence-corrected chi connectivity index (χ1v) is 5.53. The molecule has 1 aromatic heterocycles. The zero-order valence-corrected chi connectivity index (χ0v) is 9.98. The molecule has 0 fully saturated rings. The predicted molar refractivity (Wildman–Crippen MR) is 60.7 cm³/mol. The van der Waals surface area contributed by atoms with Gasteiger partial charge in [-0.05, 0) is 34.3 Å². The second-order valence-electron chi connectivity index (χ2n) is 3.36. The Bertz CT molecular complexity index is 615. The average molecular weight is 269 g/mol. The first-order valence-electron chi connectivity index (χ1n) is 4.71. The molecule has 1 heterocycles. The molecule has 0 aliphatic heterocycles. The van der Waals surface area contributed by atoms with Crippen molar-refractivity contribution in [3.05, 3.63) is 23.5 Å². The number of benzene rings is 1. The molecule has 3 N–H and O–H groups in total. The zero-order valence-electron chi connectivity index (χ0n) is 9.16. The molecule has 9 heteroatoms. The smallest absolute Gasteiger partial charge is 0.337 e. The summed E-state index contributed by atoms with van der Waals surface area (Å²) in [4.78, 5) is 11.0. The summed E-state index contributed by atoms with van der Waals surface area (Å²) in [5, 5.41) is 19.9. The van der Waals surface area contributed by atoms with Crippen LogP contribution in [0.3, 0.4) is 0 Å². The number of hydrogen-bond acceptors (Lipinski definition) is 6. The van der Waals surface area contributed by atoms with Gasteiger partial charge in [0.1, 0.15) is 5.82 Å². The van der Waals surface area contributed by atoms with Gasteiger partial charge in [0.25, 0.3) is 0 Å². The third kappa shape index (κ3) is 2.25. The van der Waals surface area contributed by atoms with Crippen molar-refractivity contribution in [1.82, 2.24) is 20.2 Å². The summed E-state index contributed by atoms with van der Waals surface area (Å²) < 4.78 is 15.0. The number of nitrogens with zero attached hydrogens (tertiary/aromatic N) is 4. The topological polar surface area (TPSA) is 107 Å². The van der Waals surface area contributed by atoms with Crippen LogP contribution in [-0.2, 0) is 7.05 Å². The van der Waals surface area contributed by atoms with E-state index in [1.165, 1.54) is 4.68 Å². The number of aryl methyl sites for hydroxylation is 1. The Morgan fingerprint density at radius 2 is 2.28 bits per heavy atom. The van der Waals surface area contributed by atoms with Gasteiger partial charge in [-0.1, -0.05) is 0 Å². The number of aromatic carboxylic acids is 1. The molecule has 0 radical (unpaired) electrons. The summed E-state index contributed by atoms with van der Waals surface area (Å²) in [5.74, 6) is -1.84. The standard InChI is InChI=1S/C9H8FN5O2S/c1-15-9(12-13-14-15)18-7-2-4(8(16)17)6(11)3-5(7)10/h2-3H,11H2,1H3,(H,16,17). The minimum Gasteiger partial charge on any atom is -0.478 e. The molecule has 2 rings (SSSR count). The molecular formula is C9H8FN5O2S. The minimum atomic E-state index is -1.22. The molecule has 0 amide bonds. The van der Waals surface area contributed by atoms with Crippen LogP contribution in [-0.4, -0.2) is 31.3 Å². The number of halogens is 1. The van der Waals surface area contributed by atoms with Crippen LogP contribution in [0.2, 0.25) is 0 Å². The van der Waals surface area contributed by atoms with E-state index in [1.807, 2.05) is 0 Å². The number of tetrazole rings is 1. The Balaban J connectivity index is 2.42. The number of nitrogen functional groups attached to an aromatic ring is 1. The van der Waals surface area contributed by atoms with E-state index in [1.54, 1.807) is 7.05 Å². The molecule has 7 nitrogen and oxygen atoms in total. The molecule has 0 atom stereocenters. The van der Waals surface area contributed by atoms with Crippen LogP contribution in [0.5, 0.6) is 0 Å². The Morgan fingerprint density at radius 3 is 2.83 bits per heavy atom. The first-order chi connectivity index (χ1) is 8.49. The molecule has 0 spiro atoms. The highest BCUT2D eigenvalue weighted by atomic mass is 32.2. The lowest BCUT2D eigenvalue weighted by molar-refractivity contribution is 0.0697. The van der Waals surface area contributed by atoms with Crippen molar-refractivity contribution >= 4 is 23.4 Å². The van der Waals surface area contributed by atoms with Crippen molar-refractivity contribution in [2.75, 3.05) is 5.73 Å². The van der Waals surface area contributed by atoms with Crippen LogP contribution in [0.4, 0.5) is 10.1 Å². The Labute approximate surface area is 105 Å². The zero-order chi connectivity index (χ0) is 13.3. The fourth-order valence-electron chi connectivity index (χ4n) is 1.24. The summed E-state index contributed by atoms with van der Waals surface area (Å²) in [6, 6.07) is 2.13. The maximum atomic E-state index is 13.6. The fourth-order valence-corrected chi connectivity index (χ4v) is 2.01. The third-order valence-electron chi connectivity index (χ3n) is 2.12. The number of hydrogen-bond donors (Lipinski definition) is 2. The van der Waals surface area contributed by atoms with Gasteiger partial charge in [0, 0.05) is 12.7 Å². The number of rotatable bonds is 3. The number of carbonyl (C=O) groups is 1. The van der Waals surface area contributed by atoms with Gasteiger partial charge in [0.2, 0.25) is 5.16 Å². The highest BCUT2D eigenvalue weighted by Gasteiger charge is 2.16. The summed E-state index contributed by atoms with van der Waals surface area (Å²) >= 11 is 0.921. The molecule has 18 heavy (non-hydrogen) atoms. The van der Waals surface area contributed by atoms with E-state index in [0.29, 0.717) is 5.16 Å². The molecule has 0 bridgehead atoms. The van der Waals surface area contributed by atoms with Crippen LogP contribution in [0, 0.1) is 5.82 Å². The van der Waals surface area contributed by atoms with Crippen molar-refractivity contribution < 1.29 is 14.3 Å². The normalized spacial score (nSPS) is 10.6. The van der Waals surface area contributed by atoms with Gasteiger partial charge < -0.3 is 10.8 Å². The maximum absolute atomic E-state index is 13.6. The van der Waals surface area contributed by atoms with Crippen molar-refractivity contribution in [1.29, 1.82) is 0 Å². The van der Waals surface area contributed by atoms with E-state index < -0.39 is 11.8 Å². The van der Waals surface area contributed by atoms with E-state index in [-0.39, 0.29) is 16.1 Å². The summed E-state index contributed by atoms with van der Waals surface area (Å²) in [7, 11) is 1.59. The van der Waals surface area contributed by atoms with E-state index in [4.69, 9.17) is 10.8 Å². The average Bonchev–Trinajstić information content (AvgIpc) is 2.67. The highest BCUT2D eigenvalue weighted by molar-refractivity contribution is 7.99. The monoisotopic (exact) mass is 269 g/mol. The summed E-state index contributed by atoms with van der Waals surface area (Å²) in [6.07, 6.45) is 0. The SMILES string of the molecule is Cn1nnnc1Sc1cc(C(=O)O)c(N)cc1F. The molecular weight excluding hydrogens is 261 g/mol. The number of nitrogens with two attached hydrogens (primary N) is 1. The first kappa shape index (κ1) is 12.3. The Kier molecular flexibility index (Phi) is 3.15. The quantitative estimate of drug-likeness (QED) is 0.793. The van der Waals surface area contributed by atoms with Crippen LogP contribution in [0.1, 0.15) is 10.4 Å². The van der Waals surface area contributed by atoms with Gasteiger partial charge in [0.05, 0.1) is 10.5 Å². The summed E-state index contributed by atoms with van der Waals surface area (Å²) in [5.41, 5.74) is 5.14. The highest BCUT2D eigenvalue weighted by Crippen LogP contribution is 2.30. The lowest BCUT2D eigenvalue weighted by Gasteiger charge is -2.06. The van der Waals surface area contributed by atoms with Crippen molar-refractivity contribution in [3.8, 4) is 0 Å². The largest absolute Gasteiger partial charge is 0.478 e. The Morgan fingerprint density at radius 1 is 1.56 bits per heavy atom. The molecule has 0 unspecified atom stereocenters. The molecule has 0 aliphatic carbocycles. The second kappa shape index (κ2) is 4.61. The van der Waals surface area contributed by atoms with E-state index >= 15 is 0 Å². The van der Waals surface area contributed by atoms with E-state index in [2.05, 4.69) is 15.5 Å². The van der Waals surface area contributed by atoms with Gasteiger partial charge in [-0.15, -0.1) is 5.10 Å². The second-order valence-corrected chi connectivity index (χ2v) is 4.37. The molecule has 2 aromatic rings. The van der Waals surface area contributed by atoms with Crippen LogP contribution in [0.15, 0.2) is 22.2 Å². The Hall–Kier alpha value is -2.16. The molecule has 0 saturated carbocycles. The number of carboxylic acid groups (broad SMARTS) is 1. The number of anilines is 1. The van der Waals surface area contributed by atoms with E-state index in [0.717, 1.165) is 23.9 Å². The van der Waals surface area contributed by atoms with Gasteiger partial charge in [-0.3, -0.25) is 0 Å². The molecule has 0 saturated heterocycles. The third-order valence-corrected chi connectivity index (χ3v) is 3.18. The molecule has 94 valence electrons. The van der Waals surface area contributed by atoms with Gasteiger partial charge in [-0.2, -0.15) is 0 Å². The number of aromatic nitrogens is 4. The van der Waals surface area contributed by atoms with Crippen molar-refractivity contribution in [2.24, 2.45) is 7.05 Å². The fraction of sp³-hybridized carbons (Fsp3) is 0.111. The van der Waals surface area contributed by atoms with Gasteiger partial charge >= 0.3 is 5.97 Å². The van der Waals surface area contributed by atoms with Gasteiger partial charge in [-0.25, -0.2) is 13.9 Å². The van der Waals surface area contributed by atoms with Crippen molar-refractivity contribution in [3.63, 3.8) is 0 Å². The minimum absolute atomic E-state index is 0.0968. The van der Waals surface area contributed by atoms with Crippen LogP contribution < -0.4 is 5.73 Å². The van der Waals surface area contributed by atoms with Crippen molar-refractivity contribution in [2.45, 2.75) is 10.1 Å². The number of carboxylic acids is 1. The molecule has 1 aromatic carbocycles. The summed E-state index contributed by atoms with van der Waals surface area (Å²) in [6.45, 7) is 0.